The minimum Gasteiger partial charge on any atom is -0.339 e. The lowest BCUT2D eigenvalue weighted by atomic mass is 9.83. The predicted molar refractivity (Wildman–Crippen MR) is 71.3 cm³/mol. The van der Waals surface area contributed by atoms with Crippen LogP contribution in [0.25, 0.3) is 0 Å². The van der Waals surface area contributed by atoms with Gasteiger partial charge in [0.25, 0.3) is 0 Å². The summed E-state index contributed by atoms with van der Waals surface area (Å²) in [5.74, 6) is 3.00. The number of nitrogens with zero attached hydrogens (tertiary/aromatic N) is 2. The molecule has 1 aromatic heterocycles. The average Bonchev–Trinajstić information content (AvgIpc) is 2.75. The van der Waals surface area contributed by atoms with Crippen LogP contribution in [0.15, 0.2) is 4.52 Å². The van der Waals surface area contributed by atoms with Gasteiger partial charge in [-0.2, -0.15) is 4.98 Å². The Morgan fingerprint density at radius 1 is 1.28 bits per heavy atom. The molecule has 0 amide bonds. The van der Waals surface area contributed by atoms with Crippen molar-refractivity contribution in [3.63, 3.8) is 0 Å². The van der Waals surface area contributed by atoms with Gasteiger partial charge in [0.1, 0.15) is 0 Å². The van der Waals surface area contributed by atoms with Gasteiger partial charge in [0.2, 0.25) is 5.89 Å². The molecule has 4 nitrogen and oxygen atoms in total. The normalized spacial score (nSPS) is 25.3. The lowest BCUT2D eigenvalue weighted by molar-refractivity contribution is 0.321. The Labute approximate surface area is 109 Å². The smallest absolute Gasteiger partial charge is 0.226 e. The first-order valence-corrected chi connectivity index (χ1v) is 7.05. The van der Waals surface area contributed by atoms with Gasteiger partial charge in [0.05, 0.1) is 0 Å². The molecule has 1 aromatic rings. The summed E-state index contributed by atoms with van der Waals surface area (Å²) in [6, 6.07) is 0. The Hall–Kier alpha value is -0.900. The molecule has 2 rings (SSSR count). The maximum absolute atomic E-state index is 5.96. The van der Waals surface area contributed by atoms with Crippen molar-refractivity contribution >= 4 is 0 Å². The topological polar surface area (TPSA) is 64.9 Å². The van der Waals surface area contributed by atoms with Crippen LogP contribution in [0.3, 0.4) is 0 Å². The van der Waals surface area contributed by atoms with E-state index in [-0.39, 0.29) is 5.54 Å². The van der Waals surface area contributed by atoms with Gasteiger partial charge < -0.3 is 10.3 Å². The Bertz CT molecular complexity index is 373. The van der Waals surface area contributed by atoms with Crippen LogP contribution >= 0.6 is 0 Å². The molecular weight excluding hydrogens is 226 g/mol. The van der Waals surface area contributed by atoms with E-state index in [0.717, 1.165) is 30.5 Å². The first-order chi connectivity index (χ1) is 8.44. The zero-order valence-electron chi connectivity index (χ0n) is 11.8. The second kappa shape index (κ2) is 5.39. The van der Waals surface area contributed by atoms with Crippen molar-refractivity contribution in [3.05, 3.63) is 11.7 Å². The SMILES string of the molecule is CC1CCC(c2noc(CCC(C)(C)N)n2)CC1. The minimum atomic E-state index is -0.172. The molecule has 2 N–H and O–H groups in total. The highest BCUT2D eigenvalue weighted by Gasteiger charge is 2.24. The van der Waals surface area contributed by atoms with E-state index in [4.69, 9.17) is 10.3 Å². The Morgan fingerprint density at radius 2 is 1.94 bits per heavy atom. The van der Waals surface area contributed by atoms with Gasteiger partial charge in [-0.3, -0.25) is 0 Å². The van der Waals surface area contributed by atoms with E-state index in [2.05, 4.69) is 17.1 Å². The third kappa shape index (κ3) is 3.80. The fourth-order valence-corrected chi connectivity index (χ4v) is 2.48. The molecule has 1 aliphatic rings. The Balaban J connectivity index is 1.90. The van der Waals surface area contributed by atoms with Crippen molar-refractivity contribution in [3.8, 4) is 0 Å². The highest BCUT2D eigenvalue weighted by Crippen LogP contribution is 2.34. The van der Waals surface area contributed by atoms with E-state index in [1.807, 2.05) is 13.8 Å². The molecule has 0 aliphatic heterocycles. The molecule has 1 heterocycles. The predicted octanol–water partition coefficient (Wildman–Crippen LogP) is 3.03. The van der Waals surface area contributed by atoms with Crippen molar-refractivity contribution in [1.29, 1.82) is 0 Å². The maximum Gasteiger partial charge on any atom is 0.226 e. The van der Waals surface area contributed by atoms with Crippen LogP contribution in [-0.4, -0.2) is 15.7 Å². The summed E-state index contributed by atoms with van der Waals surface area (Å²) in [7, 11) is 0. The van der Waals surface area contributed by atoms with Crippen molar-refractivity contribution in [1.82, 2.24) is 10.1 Å². The first kappa shape index (κ1) is 13.5. The van der Waals surface area contributed by atoms with Gasteiger partial charge in [-0.15, -0.1) is 0 Å². The largest absolute Gasteiger partial charge is 0.339 e. The standard InChI is InChI=1S/C14H25N3O/c1-10-4-6-11(7-5-10)13-16-12(18-17-13)8-9-14(2,3)15/h10-11H,4-9,15H2,1-3H3. The summed E-state index contributed by atoms with van der Waals surface area (Å²) >= 11 is 0. The van der Waals surface area contributed by atoms with Crippen molar-refractivity contribution in [2.24, 2.45) is 11.7 Å². The molecule has 0 saturated heterocycles. The van der Waals surface area contributed by atoms with Crippen molar-refractivity contribution in [2.75, 3.05) is 0 Å². The monoisotopic (exact) mass is 251 g/mol. The average molecular weight is 251 g/mol. The molecule has 0 atom stereocenters. The molecule has 1 fully saturated rings. The number of aromatic nitrogens is 2. The third-order valence-electron chi connectivity index (χ3n) is 3.85. The third-order valence-corrected chi connectivity index (χ3v) is 3.85. The quantitative estimate of drug-likeness (QED) is 0.893. The summed E-state index contributed by atoms with van der Waals surface area (Å²) in [6.07, 6.45) is 6.61. The number of hydrogen-bond acceptors (Lipinski definition) is 4. The second-order valence-corrected chi connectivity index (χ2v) is 6.49. The molecule has 0 aromatic carbocycles. The van der Waals surface area contributed by atoms with Crippen LogP contribution < -0.4 is 5.73 Å². The van der Waals surface area contributed by atoms with Crippen molar-refractivity contribution in [2.45, 2.75) is 70.8 Å². The number of hydrogen-bond donors (Lipinski definition) is 1. The van der Waals surface area contributed by atoms with E-state index in [0.29, 0.717) is 5.92 Å². The summed E-state index contributed by atoms with van der Waals surface area (Å²) in [6.45, 7) is 6.36. The van der Waals surface area contributed by atoms with E-state index >= 15 is 0 Å². The van der Waals surface area contributed by atoms with Crippen LogP contribution in [0.5, 0.6) is 0 Å². The molecule has 1 saturated carbocycles. The summed E-state index contributed by atoms with van der Waals surface area (Å²) in [4.78, 5) is 4.53. The number of nitrogens with two attached hydrogens (primary N) is 1. The minimum absolute atomic E-state index is 0.172. The van der Waals surface area contributed by atoms with E-state index in [9.17, 15) is 0 Å². The van der Waals surface area contributed by atoms with E-state index < -0.39 is 0 Å². The van der Waals surface area contributed by atoms with Gasteiger partial charge >= 0.3 is 0 Å². The molecule has 1 aliphatic carbocycles. The molecule has 102 valence electrons. The molecule has 0 bridgehead atoms. The van der Waals surface area contributed by atoms with E-state index in [1.165, 1.54) is 25.7 Å². The van der Waals surface area contributed by atoms with Crippen LogP contribution in [0, 0.1) is 5.92 Å². The summed E-state index contributed by atoms with van der Waals surface area (Å²) < 4.78 is 5.32. The van der Waals surface area contributed by atoms with Crippen molar-refractivity contribution < 1.29 is 4.52 Å². The van der Waals surface area contributed by atoms with Gasteiger partial charge in [0, 0.05) is 17.9 Å². The second-order valence-electron chi connectivity index (χ2n) is 6.49. The Kier molecular flexibility index (Phi) is 4.05. The van der Waals surface area contributed by atoms with E-state index in [1.54, 1.807) is 0 Å². The number of aryl methyl sites for hydroxylation is 1. The fraction of sp³-hybridized carbons (Fsp3) is 0.857. The van der Waals surface area contributed by atoms with Gasteiger partial charge in [0.15, 0.2) is 5.82 Å². The fourth-order valence-electron chi connectivity index (χ4n) is 2.48. The summed E-state index contributed by atoms with van der Waals surface area (Å²) in [5, 5.41) is 4.14. The Morgan fingerprint density at radius 3 is 2.56 bits per heavy atom. The highest BCUT2D eigenvalue weighted by molar-refractivity contribution is 4.98. The zero-order chi connectivity index (χ0) is 13.2. The molecule has 0 radical (unpaired) electrons. The maximum atomic E-state index is 5.96. The van der Waals surface area contributed by atoms with Crippen LogP contribution in [0.2, 0.25) is 0 Å². The lowest BCUT2D eigenvalue weighted by Gasteiger charge is -2.23. The van der Waals surface area contributed by atoms with Gasteiger partial charge in [-0.05, 0) is 39.0 Å². The molecule has 18 heavy (non-hydrogen) atoms. The molecule has 0 spiro atoms. The molecule has 0 unspecified atom stereocenters. The number of rotatable bonds is 4. The highest BCUT2D eigenvalue weighted by atomic mass is 16.5. The van der Waals surface area contributed by atoms with Gasteiger partial charge in [-0.25, -0.2) is 0 Å². The summed E-state index contributed by atoms with van der Waals surface area (Å²) in [5.41, 5.74) is 5.79. The van der Waals surface area contributed by atoms with Crippen LogP contribution in [0.1, 0.15) is 70.5 Å². The first-order valence-electron chi connectivity index (χ1n) is 7.05. The van der Waals surface area contributed by atoms with Gasteiger partial charge in [-0.1, -0.05) is 24.9 Å². The lowest BCUT2D eigenvalue weighted by Crippen LogP contribution is -2.32. The zero-order valence-corrected chi connectivity index (χ0v) is 11.8. The van der Waals surface area contributed by atoms with Crippen LogP contribution in [0.4, 0.5) is 0 Å². The molecule has 4 heteroatoms. The molecular formula is C14H25N3O. The van der Waals surface area contributed by atoms with Crippen LogP contribution in [-0.2, 0) is 6.42 Å².